The van der Waals surface area contributed by atoms with Crippen molar-refractivity contribution in [2.45, 2.75) is 26.8 Å². The Bertz CT molecular complexity index is 877. The molecule has 6 nitrogen and oxygen atoms in total. The molecule has 0 aromatic heterocycles. The van der Waals surface area contributed by atoms with Gasteiger partial charge in [-0.15, -0.1) is 0 Å². The molecule has 2 aromatic rings. The van der Waals surface area contributed by atoms with Crippen LogP contribution in [-0.4, -0.2) is 36.4 Å². The quantitative estimate of drug-likeness (QED) is 0.811. The lowest BCUT2D eigenvalue weighted by Crippen LogP contribution is -2.30. The minimum Gasteiger partial charge on any atom is -0.454 e. The SMILES string of the molecule is CCN(Cc1ccc2c(c1)OCO2)C(=O)c1ccc(N2CCC(C)=N2)cc1. The van der Waals surface area contributed by atoms with Gasteiger partial charge in [0, 0.05) is 37.3 Å². The van der Waals surface area contributed by atoms with Gasteiger partial charge in [0.05, 0.1) is 5.69 Å². The Balaban J connectivity index is 1.47. The van der Waals surface area contributed by atoms with Crippen LogP contribution in [0.25, 0.3) is 0 Å². The van der Waals surface area contributed by atoms with E-state index >= 15 is 0 Å². The molecule has 0 radical (unpaired) electrons. The van der Waals surface area contributed by atoms with E-state index < -0.39 is 0 Å². The van der Waals surface area contributed by atoms with Gasteiger partial charge in [0.2, 0.25) is 6.79 Å². The van der Waals surface area contributed by atoms with Gasteiger partial charge in [-0.1, -0.05) is 6.07 Å². The highest BCUT2D eigenvalue weighted by molar-refractivity contribution is 5.94. The van der Waals surface area contributed by atoms with Crippen LogP contribution in [0, 0.1) is 0 Å². The van der Waals surface area contributed by atoms with Crippen LogP contribution in [0.15, 0.2) is 47.6 Å². The molecule has 2 aromatic carbocycles. The summed E-state index contributed by atoms with van der Waals surface area (Å²) in [6.45, 7) is 6.33. The summed E-state index contributed by atoms with van der Waals surface area (Å²) in [5.74, 6) is 1.51. The number of nitrogens with zero attached hydrogens (tertiary/aromatic N) is 3. The first-order valence-corrected chi connectivity index (χ1v) is 9.23. The lowest BCUT2D eigenvalue weighted by Gasteiger charge is -2.22. The Labute approximate surface area is 159 Å². The monoisotopic (exact) mass is 365 g/mol. The van der Waals surface area contributed by atoms with Gasteiger partial charge >= 0.3 is 0 Å². The van der Waals surface area contributed by atoms with Crippen molar-refractivity contribution in [3.8, 4) is 11.5 Å². The van der Waals surface area contributed by atoms with Crippen molar-refractivity contribution in [2.75, 3.05) is 24.9 Å². The van der Waals surface area contributed by atoms with E-state index in [1.54, 1.807) is 0 Å². The van der Waals surface area contributed by atoms with Crippen LogP contribution in [-0.2, 0) is 6.54 Å². The molecular formula is C21H23N3O3. The number of anilines is 1. The van der Waals surface area contributed by atoms with Gasteiger partial charge < -0.3 is 14.4 Å². The molecule has 27 heavy (non-hydrogen) atoms. The summed E-state index contributed by atoms with van der Waals surface area (Å²) in [4.78, 5) is 14.8. The predicted octanol–water partition coefficient (Wildman–Crippen LogP) is 3.66. The van der Waals surface area contributed by atoms with Gasteiger partial charge in [0.15, 0.2) is 11.5 Å². The molecule has 140 valence electrons. The molecule has 0 fully saturated rings. The number of benzene rings is 2. The van der Waals surface area contributed by atoms with Crippen LogP contribution in [0.2, 0.25) is 0 Å². The maximum atomic E-state index is 12.9. The highest BCUT2D eigenvalue weighted by Crippen LogP contribution is 2.33. The van der Waals surface area contributed by atoms with Crippen molar-refractivity contribution in [2.24, 2.45) is 5.10 Å². The number of carbonyl (C=O) groups is 1. The second-order valence-electron chi connectivity index (χ2n) is 6.76. The van der Waals surface area contributed by atoms with Crippen molar-refractivity contribution in [3.05, 3.63) is 53.6 Å². The Kier molecular flexibility index (Phi) is 4.71. The topological polar surface area (TPSA) is 54.4 Å². The highest BCUT2D eigenvalue weighted by Gasteiger charge is 2.19. The molecule has 0 atom stereocenters. The molecule has 0 bridgehead atoms. The third kappa shape index (κ3) is 3.60. The van der Waals surface area contributed by atoms with Crippen molar-refractivity contribution in [3.63, 3.8) is 0 Å². The normalized spacial score (nSPS) is 15.0. The molecule has 0 saturated carbocycles. The molecule has 6 heteroatoms. The summed E-state index contributed by atoms with van der Waals surface area (Å²) in [5.41, 5.74) is 3.85. The summed E-state index contributed by atoms with van der Waals surface area (Å²) in [7, 11) is 0. The molecule has 0 saturated heterocycles. The number of fused-ring (bicyclic) bond motifs is 1. The summed E-state index contributed by atoms with van der Waals surface area (Å²) in [5, 5.41) is 6.48. The van der Waals surface area contributed by atoms with Gasteiger partial charge in [0.25, 0.3) is 5.91 Å². The second kappa shape index (κ2) is 7.31. The largest absolute Gasteiger partial charge is 0.454 e. The van der Waals surface area contributed by atoms with Gasteiger partial charge in [-0.25, -0.2) is 0 Å². The fourth-order valence-electron chi connectivity index (χ4n) is 3.31. The minimum atomic E-state index is 0.0165. The number of carbonyl (C=O) groups excluding carboxylic acids is 1. The van der Waals surface area contributed by atoms with E-state index in [1.165, 1.54) is 0 Å². The Morgan fingerprint density at radius 1 is 1.15 bits per heavy atom. The van der Waals surface area contributed by atoms with Crippen LogP contribution < -0.4 is 14.5 Å². The highest BCUT2D eigenvalue weighted by atomic mass is 16.7. The Hall–Kier alpha value is -3.02. The first kappa shape index (κ1) is 17.4. The van der Waals surface area contributed by atoms with E-state index in [4.69, 9.17) is 9.47 Å². The average Bonchev–Trinajstić information content (AvgIpc) is 3.34. The molecule has 2 aliphatic heterocycles. The van der Waals surface area contributed by atoms with Crippen LogP contribution in [0.3, 0.4) is 0 Å². The maximum Gasteiger partial charge on any atom is 0.254 e. The van der Waals surface area contributed by atoms with Crippen molar-refractivity contribution < 1.29 is 14.3 Å². The van der Waals surface area contributed by atoms with Crippen LogP contribution in [0.5, 0.6) is 11.5 Å². The second-order valence-corrected chi connectivity index (χ2v) is 6.76. The minimum absolute atomic E-state index is 0.0165. The number of rotatable bonds is 5. The van der Waals surface area contributed by atoms with E-state index in [1.807, 2.05) is 66.2 Å². The van der Waals surface area contributed by atoms with Gasteiger partial charge in [-0.05, 0) is 55.8 Å². The number of hydrogen-bond donors (Lipinski definition) is 0. The lowest BCUT2D eigenvalue weighted by molar-refractivity contribution is 0.0752. The maximum absolute atomic E-state index is 12.9. The molecule has 0 unspecified atom stereocenters. The Morgan fingerprint density at radius 2 is 1.93 bits per heavy atom. The predicted molar refractivity (Wildman–Crippen MR) is 104 cm³/mol. The van der Waals surface area contributed by atoms with E-state index in [0.717, 1.165) is 41.4 Å². The standard InChI is InChI=1S/C21H23N3O3/c1-3-23(13-16-4-9-19-20(12-16)27-14-26-19)21(25)17-5-7-18(8-6-17)24-11-10-15(2)22-24/h4-9,12H,3,10-11,13-14H2,1-2H3. The molecule has 0 aliphatic carbocycles. The van der Waals surface area contributed by atoms with Crippen molar-refractivity contribution in [1.82, 2.24) is 4.90 Å². The van der Waals surface area contributed by atoms with Crippen LogP contribution >= 0.6 is 0 Å². The number of amides is 1. The van der Waals surface area contributed by atoms with E-state index in [0.29, 0.717) is 18.7 Å². The smallest absolute Gasteiger partial charge is 0.254 e. The summed E-state index contributed by atoms with van der Waals surface area (Å²) >= 11 is 0. The third-order valence-corrected chi connectivity index (χ3v) is 4.87. The summed E-state index contributed by atoms with van der Waals surface area (Å²) in [6, 6.07) is 13.5. The lowest BCUT2D eigenvalue weighted by atomic mass is 10.1. The first-order chi connectivity index (χ1) is 13.1. The molecular weight excluding hydrogens is 342 g/mol. The fraction of sp³-hybridized carbons (Fsp3) is 0.333. The molecule has 0 N–H and O–H groups in total. The molecule has 2 aliphatic rings. The third-order valence-electron chi connectivity index (χ3n) is 4.87. The molecule has 4 rings (SSSR count). The molecule has 1 amide bonds. The van der Waals surface area contributed by atoms with E-state index in [9.17, 15) is 4.79 Å². The fourth-order valence-corrected chi connectivity index (χ4v) is 3.31. The van der Waals surface area contributed by atoms with Gasteiger partial charge in [-0.3, -0.25) is 9.80 Å². The zero-order valence-electron chi connectivity index (χ0n) is 15.6. The van der Waals surface area contributed by atoms with E-state index in [-0.39, 0.29) is 12.7 Å². The number of hydrazone groups is 1. The van der Waals surface area contributed by atoms with Crippen LogP contribution in [0.4, 0.5) is 5.69 Å². The molecule has 0 spiro atoms. The van der Waals surface area contributed by atoms with Crippen molar-refractivity contribution in [1.29, 1.82) is 0 Å². The van der Waals surface area contributed by atoms with Gasteiger partial charge in [-0.2, -0.15) is 5.10 Å². The van der Waals surface area contributed by atoms with Crippen molar-refractivity contribution >= 4 is 17.3 Å². The van der Waals surface area contributed by atoms with E-state index in [2.05, 4.69) is 5.10 Å². The van der Waals surface area contributed by atoms with Crippen LogP contribution in [0.1, 0.15) is 36.2 Å². The first-order valence-electron chi connectivity index (χ1n) is 9.23. The molecule has 2 heterocycles. The zero-order chi connectivity index (χ0) is 18.8. The van der Waals surface area contributed by atoms with Gasteiger partial charge in [0.1, 0.15) is 0 Å². The average molecular weight is 365 g/mol. The summed E-state index contributed by atoms with van der Waals surface area (Å²) < 4.78 is 10.8. The summed E-state index contributed by atoms with van der Waals surface area (Å²) in [6.07, 6.45) is 0.986. The Morgan fingerprint density at radius 3 is 2.63 bits per heavy atom. The number of ether oxygens (including phenoxy) is 2. The number of hydrogen-bond acceptors (Lipinski definition) is 5. The zero-order valence-corrected chi connectivity index (χ0v) is 15.6.